The fraction of sp³-hybridized carbons (Fsp3) is 0.731. The first kappa shape index (κ1) is 20.0. The van der Waals surface area contributed by atoms with E-state index in [1.54, 1.807) is 11.1 Å². The highest BCUT2D eigenvalue weighted by molar-refractivity contribution is 5.76. The van der Waals surface area contributed by atoms with Gasteiger partial charge in [-0.05, 0) is 99.0 Å². The fourth-order valence-corrected chi connectivity index (χ4v) is 7.33. The van der Waals surface area contributed by atoms with Crippen molar-refractivity contribution >= 4 is 5.91 Å². The second kappa shape index (κ2) is 7.50. The van der Waals surface area contributed by atoms with Crippen molar-refractivity contribution in [3.05, 3.63) is 34.9 Å². The lowest BCUT2D eigenvalue weighted by atomic mass is 9.54. The van der Waals surface area contributed by atoms with E-state index in [1.165, 1.54) is 37.7 Å². The Morgan fingerprint density at radius 1 is 1.21 bits per heavy atom. The highest BCUT2D eigenvalue weighted by Crippen LogP contribution is 2.64. The van der Waals surface area contributed by atoms with Gasteiger partial charge in [-0.25, -0.2) is 0 Å². The van der Waals surface area contributed by atoms with Gasteiger partial charge in [0.15, 0.2) is 0 Å². The summed E-state index contributed by atoms with van der Waals surface area (Å²) in [4.78, 5) is 14.8. The number of aryl methyl sites for hydroxylation is 2. The molecule has 4 rings (SSSR count). The third kappa shape index (κ3) is 3.12. The van der Waals surface area contributed by atoms with Crippen molar-refractivity contribution in [2.75, 3.05) is 13.1 Å². The first-order valence-electron chi connectivity index (χ1n) is 11.8. The molecule has 0 spiro atoms. The van der Waals surface area contributed by atoms with Gasteiger partial charge in [0, 0.05) is 19.5 Å². The van der Waals surface area contributed by atoms with Crippen molar-refractivity contribution in [3.63, 3.8) is 0 Å². The molecule has 2 fully saturated rings. The molecule has 0 heterocycles. The molecule has 28 heavy (non-hydrogen) atoms. The average Bonchev–Trinajstić information content (AvgIpc) is 2.93. The molecular formula is C26H39NO. The summed E-state index contributed by atoms with van der Waals surface area (Å²) in [6, 6.07) is 7.18. The van der Waals surface area contributed by atoms with Crippen LogP contribution in [0.5, 0.6) is 0 Å². The number of hydrogen-bond donors (Lipinski definition) is 0. The lowest BCUT2D eigenvalue weighted by molar-refractivity contribution is -0.132. The second-order valence-electron chi connectivity index (χ2n) is 10.2. The second-order valence-corrected chi connectivity index (χ2v) is 10.2. The Morgan fingerprint density at radius 3 is 2.68 bits per heavy atom. The van der Waals surface area contributed by atoms with Crippen LogP contribution in [0.1, 0.15) is 82.4 Å². The van der Waals surface area contributed by atoms with Crippen molar-refractivity contribution in [3.8, 4) is 0 Å². The molecule has 0 aliphatic heterocycles. The summed E-state index contributed by atoms with van der Waals surface area (Å²) in [5.41, 5.74) is 5.10. The number of carbonyl (C=O) groups excluding carboxylic acids is 1. The fourth-order valence-electron chi connectivity index (χ4n) is 7.33. The van der Waals surface area contributed by atoms with Gasteiger partial charge in [0.1, 0.15) is 0 Å². The molecule has 2 nitrogen and oxygen atoms in total. The van der Waals surface area contributed by atoms with Gasteiger partial charge in [-0.1, -0.05) is 37.6 Å². The highest BCUT2D eigenvalue weighted by Gasteiger charge is 2.56. The van der Waals surface area contributed by atoms with Gasteiger partial charge in [0.25, 0.3) is 0 Å². The van der Waals surface area contributed by atoms with E-state index < -0.39 is 0 Å². The molecule has 0 bridgehead atoms. The van der Waals surface area contributed by atoms with Gasteiger partial charge < -0.3 is 4.90 Å². The molecule has 3 aliphatic carbocycles. The van der Waals surface area contributed by atoms with Crippen LogP contribution in [0.3, 0.4) is 0 Å². The van der Waals surface area contributed by atoms with Crippen molar-refractivity contribution in [1.29, 1.82) is 0 Å². The van der Waals surface area contributed by atoms with E-state index in [4.69, 9.17) is 0 Å². The highest BCUT2D eigenvalue weighted by atomic mass is 16.2. The Kier molecular flexibility index (Phi) is 5.35. The molecule has 6 atom stereocenters. The zero-order valence-electron chi connectivity index (χ0n) is 18.6. The Hall–Kier alpha value is -1.31. The van der Waals surface area contributed by atoms with E-state index in [-0.39, 0.29) is 0 Å². The summed E-state index contributed by atoms with van der Waals surface area (Å²) in [7, 11) is 0. The first-order chi connectivity index (χ1) is 13.4. The molecule has 0 aromatic heterocycles. The Labute approximate surface area is 172 Å². The van der Waals surface area contributed by atoms with Crippen molar-refractivity contribution in [1.82, 2.24) is 4.90 Å². The van der Waals surface area contributed by atoms with E-state index in [1.807, 2.05) is 4.90 Å². The maximum atomic E-state index is 12.8. The number of hydrogen-bond acceptors (Lipinski definition) is 1. The molecule has 1 amide bonds. The number of fused-ring (bicyclic) bond motifs is 5. The van der Waals surface area contributed by atoms with E-state index in [2.05, 4.69) is 52.8 Å². The van der Waals surface area contributed by atoms with Crippen molar-refractivity contribution < 1.29 is 4.79 Å². The van der Waals surface area contributed by atoms with Crippen molar-refractivity contribution in [2.24, 2.45) is 29.1 Å². The molecule has 0 radical (unpaired) electrons. The Morgan fingerprint density at radius 2 is 1.96 bits per heavy atom. The van der Waals surface area contributed by atoms with Crippen LogP contribution in [-0.4, -0.2) is 23.9 Å². The maximum absolute atomic E-state index is 12.8. The van der Waals surface area contributed by atoms with E-state index in [0.29, 0.717) is 23.2 Å². The molecule has 1 aromatic rings. The summed E-state index contributed by atoms with van der Waals surface area (Å²) < 4.78 is 0. The third-order valence-electron chi connectivity index (χ3n) is 9.18. The zero-order chi connectivity index (χ0) is 20.1. The van der Waals surface area contributed by atoms with Gasteiger partial charge in [-0.2, -0.15) is 0 Å². The van der Waals surface area contributed by atoms with Crippen molar-refractivity contribution in [2.45, 2.75) is 79.1 Å². The minimum atomic E-state index is 0.380. The van der Waals surface area contributed by atoms with E-state index >= 15 is 0 Å². The summed E-state index contributed by atoms with van der Waals surface area (Å²) in [6.07, 6.45) is 7.32. The molecule has 2 saturated carbocycles. The maximum Gasteiger partial charge on any atom is 0.222 e. The average molecular weight is 382 g/mol. The SMILES string of the molecule is CCN(CC)C(=O)CC1CC2C3CCc4cc(C)ccc4C3CC[C@]2(C)[C@H]1C. The first-order valence-corrected chi connectivity index (χ1v) is 11.8. The summed E-state index contributed by atoms with van der Waals surface area (Å²) in [6.45, 7) is 13.1. The summed E-state index contributed by atoms with van der Waals surface area (Å²) in [5.74, 6) is 3.99. The minimum Gasteiger partial charge on any atom is -0.343 e. The normalized spacial score (nSPS) is 36.4. The molecule has 3 aliphatic rings. The Balaban J connectivity index is 1.55. The molecule has 0 N–H and O–H groups in total. The van der Waals surface area contributed by atoms with Gasteiger partial charge in [-0.15, -0.1) is 0 Å². The molecule has 0 saturated heterocycles. The third-order valence-corrected chi connectivity index (χ3v) is 9.18. The molecule has 154 valence electrons. The van der Waals surface area contributed by atoms with Crippen LogP contribution in [0, 0.1) is 36.0 Å². The number of carbonyl (C=O) groups is 1. The predicted molar refractivity (Wildman–Crippen MR) is 116 cm³/mol. The molecule has 4 unspecified atom stereocenters. The van der Waals surface area contributed by atoms with Gasteiger partial charge >= 0.3 is 0 Å². The lowest BCUT2D eigenvalue weighted by Gasteiger charge is -2.50. The minimum absolute atomic E-state index is 0.380. The largest absolute Gasteiger partial charge is 0.343 e. The van der Waals surface area contributed by atoms with Crippen LogP contribution >= 0.6 is 0 Å². The van der Waals surface area contributed by atoms with E-state index in [0.717, 1.165) is 37.3 Å². The standard InChI is InChI=1S/C26H39NO/c1-6-27(7-2)25(28)16-20-15-24-23-11-9-19-14-17(3)8-10-21(19)22(23)12-13-26(24,5)18(20)4/h8,10,14,18,20,22-24H,6-7,9,11-13,15-16H2,1-5H3/t18-,20?,22?,23?,24?,26+/m0/s1. The Bertz CT molecular complexity index is 736. The smallest absolute Gasteiger partial charge is 0.222 e. The quantitative estimate of drug-likeness (QED) is 0.629. The summed E-state index contributed by atoms with van der Waals surface area (Å²) in [5, 5.41) is 0. The monoisotopic (exact) mass is 381 g/mol. The summed E-state index contributed by atoms with van der Waals surface area (Å²) >= 11 is 0. The predicted octanol–water partition coefficient (Wildman–Crippen LogP) is 5.97. The van der Waals surface area contributed by atoms with Gasteiger partial charge in [0.2, 0.25) is 5.91 Å². The van der Waals surface area contributed by atoms with Gasteiger partial charge in [0.05, 0.1) is 0 Å². The van der Waals surface area contributed by atoms with Crippen LogP contribution < -0.4 is 0 Å². The number of benzene rings is 1. The van der Waals surface area contributed by atoms with Crippen LogP contribution in [-0.2, 0) is 11.2 Å². The molecular weight excluding hydrogens is 342 g/mol. The van der Waals surface area contributed by atoms with Crippen LogP contribution in [0.25, 0.3) is 0 Å². The topological polar surface area (TPSA) is 20.3 Å². The molecule has 1 aromatic carbocycles. The number of rotatable bonds is 4. The lowest BCUT2D eigenvalue weighted by Crippen LogP contribution is -2.42. The van der Waals surface area contributed by atoms with Gasteiger partial charge in [-0.3, -0.25) is 4.79 Å². The zero-order valence-corrected chi connectivity index (χ0v) is 18.6. The number of nitrogens with zero attached hydrogens (tertiary/aromatic N) is 1. The number of amides is 1. The molecule has 2 heteroatoms. The van der Waals surface area contributed by atoms with Crippen LogP contribution in [0.2, 0.25) is 0 Å². The van der Waals surface area contributed by atoms with E-state index in [9.17, 15) is 4.79 Å². The van der Waals surface area contributed by atoms with Crippen LogP contribution in [0.4, 0.5) is 0 Å². The van der Waals surface area contributed by atoms with Crippen LogP contribution in [0.15, 0.2) is 18.2 Å².